The number of methoxy groups -OCH3 is 3. The molecular weight excluding hydrogens is 224 g/mol. The zero-order chi connectivity index (χ0) is 13.5. The number of hydrogen-bond donors (Lipinski definition) is 0. The molecule has 0 aromatic rings. The summed E-state index contributed by atoms with van der Waals surface area (Å²) in [7, 11) is 7.84. The Balaban J connectivity index is 5.36. The quantitative estimate of drug-likeness (QED) is 0.285. The summed E-state index contributed by atoms with van der Waals surface area (Å²) in [5.74, 6) is -1.65. The molecule has 0 heterocycles. The van der Waals surface area contributed by atoms with Gasteiger partial charge in [-0.05, 0) is 6.92 Å². The van der Waals surface area contributed by atoms with E-state index in [1.54, 1.807) is 4.90 Å². The highest BCUT2D eigenvalue weighted by Gasteiger charge is 2.35. The van der Waals surface area contributed by atoms with Gasteiger partial charge in [0, 0.05) is 41.5 Å². The molecule has 0 N–H and O–H groups in total. The predicted molar refractivity (Wildman–Crippen MR) is 64.7 cm³/mol. The summed E-state index contributed by atoms with van der Waals surface area (Å²) in [5, 5.41) is 0. The van der Waals surface area contributed by atoms with Crippen molar-refractivity contribution < 1.29 is 19.0 Å². The van der Waals surface area contributed by atoms with E-state index in [0.717, 1.165) is 0 Å². The van der Waals surface area contributed by atoms with E-state index in [-0.39, 0.29) is 11.5 Å². The first-order valence-electron chi connectivity index (χ1n) is 5.00. The number of aliphatic imine (C=N–C) groups is 1. The zero-order valence-corrected chi connectivity index (χ0v) is 11.2. The molecule has 0 aromatic carbocycles. The van der Waals surface area contributed by atoms with E-state index in [2.05, 4.69) is 4.99 Å². The molecule has 0 saturated heterocycles. The van der Waals surface area contributed by atoms with E-state index >= 15 is 0 Å². The molecule has 0 spiro atoms. The van der Waals surface area contributed by atoms with Gasteiger partial charge in [0.25, 0.3) is 0 Å². The number of rotatable bonds is 7. The van der Waals surface area contributed by atoms with Crippen molar-refractivity contribution in [3.63, 3.8) is 0 Å². The summed E-state index contributed by atoms with van der Waals surface area (Å²) >= 11 is 0. The van der Waals surface area contributed by atoms with Gasteiger partial charge in [-0.2, -0.15) is 0 Å². The predicted octanol–water partition coefficient (Wildman–Crippen LogP) is 0.642. The molecule has 0 aliphatic rings. The number of ketones is 1. The molecule has 0 aromatic heterocycles. The number of allylic oxidation sites excluding steroid dienone is 1. The van der Waals surface area contributed by atoms with Crippen LogP contribution in [0.15, 0.2) is 16.8 Å². The maximum Gasteiger partial charge on any atom is 0.329 e. The maximum absolute atomic E-state index is 11.2. The Morgan fingerprint density at radius 3 is 1.94 bits per heavy atom. The molecule has 0 aliphatic carbocycles. The SMILES string of the molecule is COC(OC)(OC)/C(=C/C(C)=O)N=CN(C)C. The minimum Gasteiger partial charge on any atom is -0.369 e. The third kappa shape index (κ3) is 4.64. The van der Waals surface area contributed by atoms with Crippen LogP contribution >= 0.6 is 0 Å². The summed E-state index contributed by atoms with van der Waals surface area (Å²) in [5.41, 5.74) is 0.242. The normalized spacial score (nSPS) is 13.2. The number of nitrogens with zero attached hydrogens (tertiary/aromatic N) is 2. The Bertz CT molecular complexity index is 298. The van der Waals surface area contributed by atoms with Gasteiger partial charge >= 0.3 is 5.97 Å². The van der Waals surface area contributed by atoms with Crippen molar-refractivity contribution in [3.05, 3.63) is 11.8 Å². The molecule has 98 valence electrons. The highest BCUT2D eigenvalue weighted by Crippen LogP contribution is 2.24. The first kappa shape index (κ1) is 15.8. The molecule has 0 rings (SSSR count). The van der Waals surface area contributed by atoms with Gasteiger partial charge in [0.05, 0.1) is 6.34 Å². The van der Waals surface area contributed by atoms with Crippen molar-refractivity contribution in [2.45, 2.75) is 12.9 Å². The Hall–Kier alpha value is -1.24. The van der Waals surface area contributed by atoms with Crippen LogP contribution in [0.1, 0.15) is 6.92 Å². The van der Waals surface area contributed by atoms with Crippen molar-refractivity contribution in [1.29, 1.82) is 0 Å². The van der Waals surface area contributed by atoms with Crippen molar-refractivity contribution in [3.8, 4) is 0 Å². The summed E-state index contributed by atoms with van der Waals surface area (Å²) in [6.07, 6.45) is 2.83. The van der Waals surface area contributed by atoms with Crippen LogP contribution in [-0.4, -0.2) is 58.4 Å². The monoisotopic (exact) mass is 244 g/mol. The van der Waals surface area contributed by atoms with Gasteiger partial charge in [0.1, 0.15) is 5.70 Å². The molecule has 0 aliphatic heterocycles. The van der Waals surface area contributed by atoms with Crippen LogP contribution in [0.2, 0.25) is 0 Å². The van der Waals surface area contributed by atoms with Crippen molar-refractivity contribution in [1.82, 2.24) is 4.90 Å². The molecule has 0 amide bonds. The highest BCUT2D eigenvalue weighted by molar-refractivity contribution is 5.88. The van der Waals surface area contributed by atoms with Gasteiger partial charge < -0.3 is 19.1 Å². The van der Waals surface area contributed by atoms with Crippen molar-refractivity contribution >= 4 is 12.1 Å². The van der Waals surface area contributed by atoms with Crippen molar-refractivity contribution in [2.75, 3.05) is 35.4 Å². The Morgan fingerprint density at radius 1 is 1.18 bits per heavy atom. The summed E-state index contributed by atoms with van der Waals surface area (Å²) in [6.45, 7) is 1.41. The van der Waals surface area contributed by atoms with Gasteiger partial charge in [0.2, 0.25) is 0 Å². The number of carbonyl (C=O) groups is 1. The van der Waals surface area contributed by atoms with Crippen LogP contribution in [0.25, 0.3) is 0 Å². The summed E-state index contributed by atoms with van der Waals surface area (Å²) < 4.78 is 15.4. The average Bonchev–Trinajstić information content (AvgIpc) is 2.27. The third-order valence-electron chi connectivity index (χ3n) is 1.89. The lowest BCUT2D eigenvalue weighted by Gasteiger charge is -2.28. The Kier molecular flexibility index (Phi) is 6.64. The molecule has 0 fully saturated rings. The molecule has 0 radical (unpaired) electrons. The lowest BCUT2D eigenvalue weighted by molar-refractivity contribution is -0.326. The average molecular weight is 244 g/mol. The maximum atomic E-state index is 11.2. The first-order chi connectivity index (χ1) is 7.91. The Labute approximate surface area is 102 Å². The van der Waals surface area contributed by atoms with E-state index in [1.807, 2.05) is 14.1 Å². The third-order valence-corrected chi connectivity index (χ3v) is 1.89. The molecule has 6 nitrogen and oxygen atoms in total. The first-order valence-corrected chi connectivity index (χ1v) is 5.00. The summed E-state index contributed by atoms with van der Waals surface area (Å²) in [6, 6.07) is 0. The lowest BCUT2D eigenvalue weighted by atomic mass is 10.3. The standard InChI is InChI=1S/C11H20N2O4/c1-9(14)7-10(12-8-13(2)3)11(15-4,16-5)17-6/h7-8H,1-6H3/b10-7-,12-8?. The van der Waals surface area contributed by atoms with E-state index in [1.165, 1.54) is 40.7 Å². The largest absolute Gasteiger partial charge is 0.369 e. The van der Waals surface area contributed by atoms with Crippen LogP contribution < -0.4 is 0 Å². The fraction of sp³-hybridized carbons (Fsp3) is 0.636. The minimum absolute atomic E-state index is 0.175. The second-order valence-electron chi connectivity index (χ2n) is 3.52. The lowest BCUT2D eigenvalue weighted by Crippen LogP contribution is -2.38. The van der Waals surface area contributed by atoms with E-state index in [9.17, 15) is 4.79 Å². The highest BCUT2D eigenvalue weighted by atomic mass is 16.9. The molecule has 17 heavy (non-hydrogen) atoms. The second-order valence-corrected chi connectivity index (χ2v) is 3.52. The fourth-order valence-electron chi connectivity index (χ4n) is 1.14. The van der Waals surface area contributed by atoms with Crippen LogP contribution in [0.4, 0.5) is 0 Å². The van der Waals surface area contributed by atoms with Gasteiger partial charge in [0.15, 0.2) is 5.78 Å². The van der Waals surface area contributed by atoms with Gasteiger partial charge in [-0.1, -0.05) is 0 Å². The zero-order valence-electron chi connectivity index (χ0n) is 11.2. The Morgan fingerprint density at radius 2 is 1.65 bits per heavy atom. The molecule has 0 unspecified atom stereocenters. The topological polar surface area (TPSA) is 60.4 Å². The summed E-state index contributed by atoms with van der Waals surface area (Å²) in [4.78, 5) is 17.0. The molecular formula is C11H20N2O4. The molecule has 6 heteroatoms. The smallest absolute Gasteiger partial charge is 0.329 e. The van der Waals surface area contributed by atoms with E-state index in [0.29, 0.717) is 0 Å². The number of carbonyl (C=O) groups excluding carboxylic acids is 1. The van der Waals surface area contributed by atoms with Gasteiger partial charge in [-0.25, -0.2) is 4.99 Å². The molecule has 0 bridgehead atoms. The van der Waals surface area contributed by atoms with Gasteiger partial charge in [-0.3, -0.25) is 4.79 Å². The van der Waals surface area contributed by atoms with Crippen LogP contribution in [0.5, 0.6) is 0 Å². The van der Waals surface area contributed by atoms with Crippen molar-refractivity contribution in [2.24, 2.45) is 4.99 Å². The molecule has 0 atom stereocenters. The van der Waals surface area contributed by atoms with E-state index in [4.69, 9.17) is 14.2 Å². The van der Waals surface area contributed by atoms with E-state index < -0.39 is 5.97 Å². The minimum atomic E-state index is -1.47. The van der Waals surface area contributed by atoms with Gasteiger partial charge in [-0.15, -0.1) is 0 Å². The van der Waals surface area contributed by atoms with Crippen LogP contribution in [-0.2, 0) is 19.0 Å². The van der Waals surface area contributed by atoms with Crippen LogP contribution in [0, 0.1) is 0 Å². The fourth-order valence-corrected chi connectivity index (χ4v) is 1.14. The van der Waals surface area contributed by atoms with Crippen LogP contribution in [0.3, 0.4) is 0 Å². The second kappa shape index (κ2) is 7.16. The molecule has 0 saturated carbocycles. The number of ether oxygens (including phenoxy) is 3. The number of hydrogen-bond acceptors (Lipinski definition) is 5.